The van der Waals surface area contributed by atoms with Gasteiger partial charge in [-0.25, -0.2) is 0 Å². The molecule has 1 aliphatic heterocycles. The van der Waals surface area contributed by atoms with Crippen LogP contribution in [0.5, 0.6) is 5.75 Å². The van der Waals surface area contributed by atoms with E-state index in [0.29, 0.717) is 0 Å². The molecule has 178 valence electrons. The molecule has 0 spiro atoms. The summed E-state index contributed by atoms with van der Waals surface area (Å²) in [6, 6.07) is 4.67. The van der Waals surface area contributed by atoms with E-state index in [-0.39, 0.29) is 21.7 Å². The van der Waals surface area contributed by atoms with Crippen LogP contribution >= 0.6 is 8.60 Å². The van der Waals surface area contributed by atoms with Crippen LogP contribution in [-0.2, 0) is 25.3 Å². The van der Waals surface area contributed by atoms with Crippen LogP contribution in [-0.4, -0.2) is 13.2 Å². The van der Waals surface area contributed by atoms with Crippen molar-refractivity contribution < 1.29 is 13.6 Å². The SMILES string of the molecule is CCCCC1(CC)COP(Oc2c(C(C)(C)C)cc(C(C)(C)C)cc2C(C)(C)C)OC1. The molecule has 1 aromatic carbocycles. The van der Waals surface area contributed by atoms with E-state index >= 15 is 0 Å². The van der Waals surface area contributed by atoms with Gasteiger partial charge in [0.05, 0.1) is 13.2 Å². The van der Waals surface area contributed by atoms with Gasteiger partial charge in [-0.1, -0.05) is 101 Å². The maximum Gasteiger partial charge on any atom is 0.397 e. The Balaban J connectivity index is 2.42. The quantitative estimate of drug-likeness (QED) is 0.405. The van der Waals surface area contributed by atoms with Crippen LogP contribution in [0.25, 0.3) is 0 Å². The van der Waals surface area contributed by atoms with Crippen LogP contribution in [0.4, 0.5) is 0 Å². The lowest BCUT2D eigenvalue weighted by atomic mass is 9.75. The van der Waals surface area contributed by atoms with Crippen LogP contribution in [0, 0.1) is 5.41 Å². The highest BCUT2D eigenvalue weighted by molar-refractivity contribution is 7.42. The fourth-order valence-corrected chi connectivity index (χ4v) is 5.22. The molecule has 0 saturated carbocycles. The predicted octanol–water partition coefficient (Wildman–Crippen LogP) is 8.82. The molecule has 31 heavy (non-hydrogen) atoms. The summed E-state index contributed by atoms with van der Waals surface area (Å²) in [4.78, 5) is 0. The summed E-state index contributed by atoms with van der Waals surface area (Å²) in [5, 5.41) is 0. The number of hydrogen-bond acceptors (Lipinski definition) is 3. The summed E-state index contributed by atoms with van der Waals surface area (Å²) in [7, 11) is -1.39. The third-order valence-electron chi connectivity index (χ3n) is 6.50. The van der Waals surface area contributed by atoms with E-state index < -0.39 is 8.60 Å². The summed E-state index contributed by atoms with van der Waals surface area (Å²) < 4.78 is 19.1. The Bertz CT molecular complexity index is 691. The highest BCUT2D eigenvalue weighted by Gasteiger charge is 2.39. The third kappa shape index (κ3) is 6.68. The molecule has 3 nitrogen and oxygen atoms in total. The summed E-state index contributed by atoms with van der Waals surface area (Å²) in [5.74, 6) is 0.955. The lowest BCUT2D eigenvalue weighted by Gasteiger charge is -2.39. The zero-order chi connectivity index (χ0) is 23.7. The zero-order valence-electron chi connectivity index (χ0n) is 22.1. The zero-order valence-corrected chi connectivity index (χ0v) is 23.0. The van der Waals surface area contributed by atoms with Gasteiger partial charge in [0.15, 0.2) is 0 Å². The lowest BCUT2D eigenvalue weighted by molar-refractivity contribution is 0.00783. The first-order valence-electron chi connectivity index (χ1n) is 12.1. The molecule has 0 amide bonds. The molecule has 1 fully saturated rings. The Hall–Kier alpha value is -0.630. The van der Waals surface area contributed by atoms with Gasteiger partial charge in [0.1, 0.15) is 5.75 Å². The molecule has 0 N–H and O–H groups in total. The van der Waals surface area contributed by atoms with Crippen LogP contribution < -0.4 is 4.52 Å². The van der Waals surface area contributed by atoms with E-state index in [1.54, 1.807) is 0 Å². The first-order chi connectivity index (χ1) is 14.1. The molecule has 1 aliphatic rings. The lowest BCUT2D eigenvalue weighted by Crippen LogP contribution is -2.35. The summed E-state index contributed by atoms with van der Waals surface area (Å²) in [5.41, 5.74) is 3.93. The largest absolute Gasteiger partial charge is 0.426 e. The number of rotatable bonds is 6. The van der Waals surface area contributed by atoms with Crippen molar-refractivity contribution in [2.75, 3.05) is 13.2 Å². The van der Waals surface area contributed by atoms with Crippen molar-refractivity contribution in [1.29, 1.82) is 0 Å². The van der Waals surface area contributed by atoms with Crippen molar-refractivity contribution in [1.82, 2.24) is 0 Å². The third-order valence-corrected chi connectivity index (χ3v) is 7.51. The van der Waals surface area contributed by atoms with Crippen molar-refractivity contribution in [3.63, 3.8) is 0 Å². The Morgan fingerprint density at radius 2 is 1.32 bits per heavy atom. The fraction of sp³-hybridized carbons (Fsp3) is 0.778. The molecule has 0 radical (unpaired) electrons. The van der Waals surface area contributed by atoms with Gasteiger partial charge in [0.25, 0.3) is 0 Å². The minimum atomic E-state index is -1.39. The molecular weight excluding hydrogens is 403 g/mol. The van der Waals surface area contributed by atoms with Crippen LogP contribution in [0.3, 0.4) is 0 Å². The highest BCUT2D eigenvalue weighted by atomic mass is 31.2. The van der Waals surface area contributed by atoms with E-state index in [9.17, 15) is 0 Å². The molecule has 1 aromatic rings. The van der Waals surface area contributed by atoms with E-state index in [1.807, 2.05) is 0 Å². The van der Waals surface area contributed by atoms with Crippen LogP contribution in [0.1, 0.15) is 119 Å². The number of hydrogen-bond donors (Lipinski definition) is 0. The minimum absolute atomic E-state index is 0.0456. The van der Waals surface area contributed by atoms with E-state index in [0.717, 1.165) is 31.8 Å². The Morgan fingerprint density at radius 1 is 0.839 bits per heavy atom. The molecule has 0 aromatic heterocycles. The second kappa shape index (κ2) is 9.70. The standard InChI is InChI=1S/C27H47O3P/c1-12-14-15-27(13-2)18-28-31(29-19-27)30-23-21(25(6,7)8)16-20(24(3,4)5)17-22(23)26(9,10)11/h16-17H,12-15,18-19H2,1-11H3. The van der Waals surface area contributed by atoms with Crippen LogP contribution in [0.15, 0.2) is 12.1 Å². The maximum absolute atomic E-state index is 6.60. The molecule has 0 aliphatic carbocycles. The molecule has 1 heterocycles. The van der Waals surface area contributed by atoms with Gasteiger partial charge in [0.2, 0.25) is 0 Å². The van der Waals surface area contributed by atoms with E-state index in [2.05, 4.69) is 88.3 Å². The van der Waals surface area contributed by atoms with Crippen molar-refractivity contribution >= 4 is 8.60 Å². The smallest absolute Gasteiger partial charge is 0.397 e. The van der Waals surface area contributed by atoms with Gasteiger partial charge in [-0.3, -0.25) is 0 Å². The van der Waals surface area contributed by atoms with Crippen molar-refractivity contribution in [2.24, 2.45) is 5.41 Å². The molecule has 2 rings (SSSR count). The fourth-order valence-electron chi connectivity index (χ4n) is 3.94. The maximum atomic E-state index is 6.60. The monoisotopic (exact) mass is 450 g/mol. The second-order valence-corrected chi connectivity index (χ2v) is 13.6. The molecule has 0 unspecified atom stereocenters. The Kier molecular flexibility index (Phi) is 8.33. The Labute approximate surface area is 193 Å². The molecule has 4 heteroatoms. The topological polar surface area (TPSA) is 27.7 Å². The van der Waals surface area contributed by atoms with Gasteiger partial charge in [-0.05, 0) is 34.7 Å². The number of benzene rings is 1. The normalized spacial score (nSPS) is 23.1. The first-order valence-corrected chi connectivity index (χ1v) is 13.2. The minimum Gasteiger partial charge on any atom is -0.426 e. The van der Waals surface area contributed by atoms with Crippen LogP contribution in [0.2, 0.25) is 0 Å². The van der Waals surface area contributed by atoms with E-state index in [4.69, 9.17) is 13.6 Å². The van der Waals surface area contributed by atoms with E-state index in [1.165, 1.54) is 29.5 Å². The average Bonchev–Trinajstić information content (AvgIpc) is 2.65. The molecule has 0 bridgehead atoms. The van der Waals surface area contributed by atoms with Gasteiger partial charge in [-0.15, -0.1) is 0 Å². The first kappa shape index (κ1) is 26.6. The van der Waals surface area contributed by atoms with Crippen molar-refractivity contribution in [2.45, 2.75) is 118 Å². The molecule has 1 saturated heterocycles. The number of unbranched alkanes of at least 4 members (excludes halogenated alkanes) is 1. The van der Waals surface area contributed by atoms with Gasteiger partial charge >= 0.3 is 8.60 Å². The molecular formula is C27H47O3P. The van der Waals surface area contributed by atoms with Gasteiger partial charge < -0.3 is 13.6 Å². The van der Waals surface area contributed by atoms with Crippen molar-refractivity contribution in [3.8, 4) is 5.75 Å². The van der Waals surface area contributed by atoms with Gasteiger partial charge in [0, 0.05) is 16.5 Å². The average molecular weight is 451 g/mol. The second-order valence-electron chi connectivity index (χ2n) is 12.5. The Morgan fingerprint density at radius 3 is 1.68 bits per heavy atom. The summed E-state index contributed by atoms with van der Waals surface area (Å²) in [6.07, 6.45) is 4.66. The predicted molar refractivity (Wildman–Crippen MR) is 134 cm³/mol. The van der Waals surface area contributed by atoms with Gasteiger partial charge in [-0.2, -0.15) is 0 Å². The summed E-state index contributed by atoms with van der Waals surface area (Å²) >= 11 is 0. The summed E-state index contributed by atoms with van der Waals surface area (Å²) in [6.45, 7) is 26.3. The molecule has 0 atom stereocenters. The highest BCUT2D eigenvalue weighted by Crippen LogP contribution is 2.53. The van der Waals surface area contributed by atoms with Crippen molar-refractivity contribution in [3.05, 3.63) is 28.8 Å².